The standard InChI is InChI=1S/C18H20N4O2/c1-13-4-5-16-17(9-13)24-18(21-16)22-8-7-20-10-14(22)12-23-15-3-2-6-19-11-15/h2-6,9,11,14,20H,7-8,10,12H2,1H3/t14-/m1/s1. The average Bonchev–Trinajstić information content (AvgIpc) is 3.04. The molecule has 3 heterocycles. The highest BCUT2D eigenvalue weighted by molar-refractivity contribution is 5.75. The number of piperazine rings is 1. The van der Waals surface area contributed by atoms with Crippen LogP contribution in [0, 0.1) is 6.92 Å². The summed E-state index contributed by atoms with van der Waals surface area (Å²) in [6.45, 7) is 5.18. The summed E-state index contributed by atoms with van der Waals surface area (Å²) in [5, 5.41) is 3.41. The van der Waals surface area contributed by atoms with Crippen molar-refractivity contribution in [2.75, 3.05) is 31.1 Å². The maximum Gasteiger partial charge on any atom is 0.298 e. The fraction of sp³-hybridized carbons (Fsp3) is 0.333. The number of fused-ring (bicyclic) bond motifs is 1. The summed E-state index contributed by atoms with van der Waals surface area (Å²) in [6, 6.07) is 10.7. The molecule has 3 aromatic rings. The van der Waals surface area contributed by atoms with Gasteiger partial charge in [-0.15, -0.1) is 0 Å². The molecule has 124 valence electrons. The van der Waals surface area contributed by atoms with Crippen molar-refractivity contribution in [1.29, 1.82) is 0 Å². The summed E-state index contributed by atoms with van der Waals surface area (Å²) < 4.78 is 11.9. The van der Waals surface area contributed by atoms with Gasteiger partial charge in [-0.2, -0.15) is 4.98 Å². The monoisotopic (exact) mass is 324 g/mol. The Morgan fingerprint density at radius 2 is 2.33 bits per heavy atom. The maximum atomic E-state index is 5.99. The second-order valence-corrected chi connectivity index (χ2v) is 6.02. The topological polar surface area (TPSA) is 63.4 Å². The Labute approximate surface area is 140 Å². The third kappa shape index (κ3) is 3.05. The fourth-order valence-electron chi connectivity index (χ4n) is 2.93. The number of rotatable bonds is 4. The lowest BCUT2D eigenvalue weighted by molar-refractivity contribution is 0.261. The molecule has 2 aromatic heterocycles. The van der Waals surface area contributed by atoms with Crippen LogP contribution in [0.2, 0.25) is 0 Å². The Morgan fingerprint density at radius 3 is 3.21 bits per heavy atom. The molecule has 0 spiro atoms. The zero-order valence-corrected chi connectivity index (χ0v) is 13.6. The first-order valence-corrected chi connectivity index (χ1v) is 8.17. The van der Waals surface area contributed by atoms with E-state index in [-0.39, 0.29) is 6.04 Å². The number of pyridine rings is 1. The van der Waals surface area contributed by atoms with Crippen molar-refractivity contribution in [1.82, 2.24) is 15.3 Å². The van der Waals surface area contributed by atoms with E-state index in [4.69, 9.17) is 9.15 Å². The predicted octanol–water partition coefficient (Wildman–Crippen LogP) is 2.39. The van der Waals surface area contributed by atoms with E-state index in [0.29, 0.717) is 12.6 Å². The molecule has 6 heteroatoms. The van der Waals surface area contributed by atoms with Gasteiger partial charge in [0.1, 0.15) is 17.9 Å². The van der Waals surface area contributed by atoms with Crippen LogP contribution >= 0.6 is 0 Å². The molecule has 6 nitrogen and oxygen atoms in total. The van der Waals surface area contributed by atoms with Crippen LogP contribution in [0.4, 0.5) is 6.01 Å². The lowest BCUT2D eigenvalue weighted by Gasteiger charge is -2.34. The number of aromatic nitrogens is 2. The van der Waals surface area contributed by atoms with Crippen LogP contribution in [-0.2, 0) is 0 Å². The molecule has 1 fully saturated rings. The van der Waals surface area contributed by atoms with E-state index in [0.717, 1.165) is 36.5 Å². The van der Waals surface area contributed by atoms with Crippen molar-refractivity contribution in [3.05, 3.63) is 48.3 Å². The Balaban J connectivity index is 1.54. The van der Waals surface area contributed by atoms with E-state index in [1.54, 1.807) is 12.4 Å². The van der Waals surface area contributed by atoms with Crippen molar-refractivity contribution in [3.63, 3.8) is 0 Å². The molecule has 1 atom stereocenters. The van der Waals surface area contributed by atoms with Gasteiger partial charge in [0.25, 0.3) is 6.01 Å². The fourth-order valence-corrected chi connectivity index (χ4v) is 2.93. The Kier molecular flexibility index (Phi) is 4.04. The van der Waals surface area contributed by atoms with E-state index in [1.807, 2.05) is 24.3 Å². The molecule has 0 saturated carbocycles. The van der Waals surface area contributed by atoms with Gasteiger partial charge >= 0.3 is 0 Å². The highest BCUT2D eigenvalue weighted by atomic mass is 16.5. The largest absolute Gasteiger partial charge is 0.490 e. The number of oxazole rings is 1. The number of hydrogen-bond donors (Lipinski definition) is 1. The van der Waals surface area contributed by atoms with Gasteiger partial charge in [0, 0.05) is 25.8 Å². The van der Waals surface area contributed by atoms with E-state index in [2.05, 4.69) is 33.2 Å². The summed E-state index contributed by atoms with van der Waals surface area (Å²) in [6.07, 6.45) is 3.46. The molecule has 1 N–H and O–H groups in total. The van der Waals surface area contributed by atoms with Gasteiger partial charge in [-0.3, -0.25) is 4.98 Å². The van der Waals surface area contributed by atoms with E-state index in [1.165, 1.54) is 5.56 Å². The Hall–Kier alpha value is -2.60. The zero-order chi connectivity index (χ0) is 16.4. The minimum Gasteiger partial charge on any atom is -0.490 e. The van der Waals surface area contributed by atoms with Crippen LogP contribution < -0.4 is 15.0 Å². The summed E-state index contributed by atoms with van der Waals surface area (Å²) in [7, 11) is 0. The van der Waals surface area contributed by atoms with Gasteiger partial charge < -0.3 is 19.4 Å². The average molecular weight is 324 g/mol. The molecule has 1 saturated heterocycles. The zero-order valence-electron chi connectivity index (χ0n) is 13.6. The van der Waals surface area contributed by atoms with Crippen LogP contribution in [0.15, 0.2) is 47.1 Å². The Morgan fingerprint density at radius 1 is 1.38 bits per heavy atom. The molecule has 1 aromatic carbocycles. The number of ether oxygens (including phenoxy) is 1. The number of nitrogens with zero attached hydrogens (tertiary/aromatic N) is 3. The number of hydrogen-bond acceptors (Lipinski definition) is 6. The lowest BCUT2D eigenvalue weighted by atomic mass is 10.2. The number of benzene rings is 1. The van der Waals surface area contributed by atoms with Crippen LogP contribution in [0.3, 0.4) is 0 Å². The van der Waals surface area contributed by atoms with Crippen molar-refractivity contribution in [2.45, 2.75) is 13.0 Å². The first kappa shape index (κ1) is 15.0. The SMILES string of the molecule is Cc1ccc2nc(N3CCNC[C@@H]3COc3cccnc3)oc2c1. The van der Waals surface area contributed by atoms with Gasteiger partial charge in [0.15, 0.2) is 5.58 Å². The van der Waals surface area contributed by atoms with Gasteiger partial charge in [-0.25, -0.2) is 0 Å². The second-order valence-electron chi connectivity index (χ2n) is 6.02. The predicted molar refractivity (Wildman–Crippen MR) is 92.5 cm³/mol. The van der Waals surface area contributed by atoms with Gasteiger partial charge in [-0.05, 0) is 36.8 Å². The molecule has 1 aliphatic heterocycles. The van der Waals surface area contributed by atoms with Crippen LogP contribution in [0.25, 0.3) is 11.1 Å². The first-order chi connectivity index (χ1) is 11.8. The third-order valence-corrected chi connectivity index (χ3v) is 4.21. The molecule has 0 amide bonds. The van der Waals surface area contributed by atoms with Crippen LogP contribution in [0.5, 0.6) is 5.75 Å². The molecule has 0 aliphatic carbocycles. The van der Waals surface area contributed by atoms with Gasteiger partial charge in [0.2, 0.25) is 0 Å². The summed E-state index contributed by atoms with van der Waals surface area (Å²) in [5.41, 5.74) is 2.89. The highest BCUT2D eigenvalue weighted by Crippen LogP contribution is 2.25. The van der Waals surface area contributed by atoms with Crippen LogP contribution in [-0.4, -0.2) is 42.3 Å². The molecule has 1 aliphatic rings. The maximum absolute atomic E-state index is 5.99. The molecule has 24 heavy (non-hydrogen) atoms. The first-order valence-electron chi connectivity index (χ1n) is 8.17. The summed E-state index contributed by atoms with van der Waals surface area (Å²) >= 11 is 0. The van der Waals surface area contributed by atoms with Gasteiger partial charge in [0.05, 0.1) is 12.2 Å². The molecule has 4 rings (SSSR count). The van der Waals surface area contributed by atoms with E-state index < -0.39 is 0 Å². The molecule has 0 bridgehead atoms. The van der Waals surface area contributed by atoms with Crippen molar-refractivity contribution < 1.29 is 9.15 Å². The van der Waals surface area contributed by atoms with E-state index in [9.17, 15) is 0 Å². The summed E-state index contributed by atoms with van der Waals surface area (Å²) in [5.74, 6) is 0.774. The summed E-state index contributed by atoms with van der Waals surface area (Å²) in [4.78, 5) is 10.9. The normalized spacial score (nSPS) is 18.0. The lowest BCUT2D eigenvalue weighted by Crippen LogP contribution is -2.54. The van der Waals surface area contributed by atoms with Crippen molar-refractivity contribution >= 4 is 17.1 Å². The second kappa shape index (κ2) is 6.49. The van der Waals surface area contributed by atoms with Crippen molar-refractivity contribution in [2.24, 2.45) is 0 Å². The van der Waals surface area contributed by atoms with Gasteiger partial charge in [-0.1, -0.05) is 6.07 Å². The van der Waals surface area contributed by atoms with E-state index >= 15 is 0 Å². The quantitative estimate of drug-likeness (QED) is 0.795. The highest BCUT2D eigenvalue weighted by Gasteiger charge is 2.27. The third-order valence-electron chi connectivity index (χ3n) is 4.21. The molecule has 0 radical (unpaired) electrons. The number of nitrogens with one attached hydrogen (secondary N) is 1. The number of aryl methyl sites for hydroxylation is 1. The molecular formula is C18H20N4O2. The van der Waals surface area contributed by atoms with Crippen LogP contribution in [0.1, 0.15) is 5.56 Å². The smallest absolute Gasteiger partial charge is 0.298 e. The minimum atomic E-state index is 0.160. The molecule has 0 unspecified atom stereocenters. The number of anilines is 1. The molecular weight excluding hydrogens is 304 g/mol. The minimum absolute atomic E-state index is 0.160. The van der Waals surface area contributed by atoms with Crippen molar-refractivity contribution in [3.8, 4) is 5.75 Å². The Bertz CT molecular complexity index is 818.